The molecular weight excluding hydrogens is 716 g/mol. The number of amides is 3. The van der Waals surface area contributed by atoms with Crippen LogP contribution < -0.4 is 25.4 Å². The number of ether oxygens (including phenoxy) is 3. The third-order valence-electron chi connectivity index (χ3n) is 10.6. The molecule has 0 aliphatic heterocycles. The summed E-state index contributed by atoms with van der Waals surface area (Å²) in [7, 11) is 2.85. The van der Waals surface area contributed by atoms with E-state index in [1.807, 2.05) is 43.3 Å². The molecule has 2 aliphatic rings. The van der Waals surface area contributed by atoms with Crippen molar-refractivity contribution in [1.82, 2.24) is 20.9 Å². The number of hydrogen-bond donors (Lipinski definition) is 4. The summed E-state index contributed by atoms with van der Waals surface area (Å²) >= 11 is 0. The molecule has 1 heterocycles. The lowest BCUT2D eigenvalue weighted by molar-refractivity contribution is -0.148. The Labute approximate surface area is 327 Å². The summed E-state index contributed by atoms with van der Waals surface area (Å²) in [5.41, 5.74) is 1.31. The average molecular weight is 771 g/mol. The predicted octanol–water partition coefficient (Wildman–Crippen LogP) is 5.74. The lowest BCUT2D eigenvalue weighted by atomic mass is 9.82. The number of rotatable bonds is 15. The number of pyridine rings is 1. The number of methoxy groups -OCH3 is 2. The Morgan fingerprint density at radius 3 is 2.27 bits per heavy atom. The molecule has 2 aromatic carbocycles. The number of carboxylic acid groups (broad SMARTS) is 1. The highest BCUT2D eigenvalue weighted by atomic mass is 16.5. The monoisotopic (exact) mass is 770 g/mol. The largest absolute Gasteiger partial charge is 0.497 e. The number of aliphatic carboxylic acids is 1. The van der Waals surface area contributed by atoms with Crippen molar-refractivity contribution >= 4 is 40.6 Å². The van der Waals surface area contributed by atoms with Gasteiger partial charge in [-0.05, 0) is 48.8 Å². The Hall–Kier alpha value is -5.46. The average Bonchev–Trinajstić information content (AvgIpc) is 3.62. The molecule has 1 saturated carbocycles. The van der Waals surface area contributed by atoms with Crippen molar-refractivity contribution in [2.45, 2.75) is 103 Å². The van der Waals surface area contributed by atoms with Crippen molar-refractivity contribution in [3.05, 3.63) is 66.2 Å². The second kappa shape index (κ2) is 18.4. The third kappa shape index (κ3) is 10.0. The van der Waals surface area contributed by atoms with Gasteiger partial charge in [-0.15, -0.1) is 0 Å². The fourth-order valence-electron chi connectivity index (χ4n) is 7.54. The second-order valence-electron chi connectivity index (χ2n) is 15.7. The summed E-state index contributed by atoms with van der Waals surface area (Å²) in [6.45, 7) is 7.19. The van der Waals surface area contributed by atoms with E-state index in [9.17, 15) is 29.1 Å². The number of esters is 1. The topological polar surface area (TPSA) is 182 Å². The van der Waals surface area contributed by atoms with E-state index in [0.717, 1.165) is 37.7 Å². The molecular formula is C43H54N4O9. The standard InChI is InChI=1S/C43H54N4O9/c1-7-14-32(41(51)52)45-38(48)30-21-28(56-35-24-33(25-15-10-8-11-16-25)44-34-23-27(54-5)19-20-29(34)35)22-31(30)39(49)47-37(43(2,3)4)40(50)46-36(42(53)55-6)26-17-12-9-13-18-26/h8,10-11,15-16,19-20,22-24,26,28,30,32,36-37H,7,9,12-14,17-18,21H2,1-6H3,(H,45,48)(H,46,50)(H,47,49)(H,51,52)/t28-,30-,32-,36?,37-/m0/s1. The Bertz CT molecular complexity index is 1930. The molecule has 300 valence electrons. The van der Waals surface area contributed by atoms with Gasteiger partial charge in [-0.2, -0.15) is 0 Å². The van der Waals surface area contributed by atoms with Crippen molar-refractivity contribution in [3.8, 4) is 22.8 Å². The highest BCUT2D eigenvalue weighted by molar-refractivity contribution is 6.04. The van der Waals surface area contributed by atoms with E-state index >= 15 is 0 Å². The predicted molar refractivity (Wildman–Crippen MR) is 211 cm³/mol. The van der Waals surface area contributed by atoms with Gasteiger partial charge >= 0.3 is 11.9 Å². The van der Waals surface area contributed by atoms with Crippen LogP contribution in [0.3, 0.4) is 0 Å². The zero-order valence-electron chi connectivity index (χ0n) is 33.1. The number of benzene rings is 2. The van der Waals surface area contributed by atoms with E-state index in [0.29, 0.717) is 34.5 Å². The van der Waals surface area contributed by atoms with Crippen LogP contribution in [0.4, 0.5) is 0 Å². The molecule has 1 fully saturated rings. The van der Waals surface area contributed by atoms with Gasteiger partial charge in [0.05, 0.1) is 31.3 Å². The van der Waals surface area contributed by atoms with Crippen LogP contribution in [0.1, 0.15) is 79.1 Å². The molecule has 5 rings (SSSR count). The maximum absolute atomic E-state index is 14.3. The van der Waals surface area contributed by atoms with Gasteiger partial charge in [0.15, 0.2) is 0 Å². The Morgan fingerprint density at radius 2 is 1.64 bits per heavy atom. The summed E-state index contributed by atoms with van der Waals surface area (Å²) < 4.78 is 17.1. The summed E-state index contributed by atoms with van der Waals surface area (Å²) in [5.74, 6) is -3.76. The van der Waals surface area contributed by atoms with Crippen LogP contribution in [0, 0.1) is 17.3 Å². The highest BCUT2D eigenvalue weighted by Crippen LogP contribution is 2.37. The number of carbonyl (C=O) groups excluding carboxylic acids is 4. The van der Waals surface area contributed by atoms with Crippen LogP contribution in [0.2, 0.25) is 0 Å². The Kier molecular flexibility index (Phi) is 13.7. The van der Waals surface area contributed by atoms with E-state index < -0.39 is 65.2 Å². The Balaban J connectivity index is 1.48. The van der Waals surface area contributed by atoms with Gasteiger partial charge in [-0.25, -0.2) is 14.6 Å². The first-order valence-corrected chi connectivity index (χ1v) is 19.4. The Morgan fingerprint density at radius 1 is 0.929 bits per heavy atom. The van der Waals surface area contributed by atoms with Gasteiger partial charge in [-0.1, -0.05) is 83.7 Å². The summed E-state index contributed by atoms with van der Waals surface area (Å²) in [6.07, 6.45) is 5.95. The first-order chi connectivity index (χ1) is 26.7. The van der Waals surface area contributed by atoms with Crippen LogP contribution in [0.5, 0.6) is 11.5 Å². The molecule has 13 heteroatoms. The number of fused-ring (bicyclic) bond motifs is 1. The second-order valence-corrected chi connectivity index (χ2v) is 15.7. The quantitative estimate of drug-likeness (QED) is 0.139. The minimum Gasteiger partial charge on any atom is -0.497 e. The van der Waals surface area contributed by atoms with E-state index in [4.69, 9.17) is 19.2 Å². The van der Waals surface area contributed by atoms with E-state index in [1.54, 1.807) is 52.2 Å². The molecule has 4 N–H and O–H groups in total. The van der Waals surface area contributed by atoms with Crippen molar-refractivity contribution in [2.24, 2.45) is 17.3 Å². The summed E-state index contributed by atoms with van der Waals surface area (Å²) in [4.78, 5) is 72.1. The van der Waals surface area contributed by atoms with Gasteiger partial charge in [0, 0.05) is 35.1 Å². The smallest absolute Gasteiger partial charge is 0.328 e. The lowest BCUT2D eigenvalue weighted by Crippen LogP contribution is -2.58. The lowest BCUT2D eigenvalue weighted by Gasteiger charge is -2.34. The number of nitrogens with one attached hydrogen (secondary N) is 3. The van der Waals surface area contributed by atoms with Crippen LogP contribution in [-0.4, -0.2) is 78.2 Å². The summed E-state index contributed by atoms with van der Waals surface area (Å²) in [6, 6.07) is 13.6. The number of nitrogens with zero attached hydrogens (tertiary/aromatic N) is 1. The zero-order valence-corrected chi connectivity index (χ0v) is 33.1. The van der Waals surface area contributed by atoms with Crippen LogP contribution in [-0.2, 0) is 28.7 Å². The SMILES string of the molecule is CCC[C@H](NC(=O)[C@H]1C[C@H](Oc2cc(-c3ccccc3)nc3cc(OC)ccc23)C=C1C(=O)N[C@@H](C(=O)NC(C(=O)OC)C1CCCCC1)C(C)(C)C)C(=O)O. The maximum atomic E-state index is 14.3. The summed E-state index contributed by atoms with van der Waals surface area (Å²) in [5, 5.41) is 18.9. The fraction of sp³-hybridized carbons (Fsp3) is 0.488. The van der Waals surface area contributed by atoms with Crippen LogP contribution in [0.15, 0.2) is 66.2 Å². The molecule has 2 aliphatic carbocycles. The van der Waals surface area contributed by atoms with E-state index in [1.165, 1.54) is 7.11 Å². The van der Waals surface area contributed by atoms with Gasteiger partial charge in [0.25, 0.3) is 0 Å². The molecule has 0 bridgehead atoms. The maximum Gasteiger partial charge on any atom is 0.328 e. The molecule has 3 aromatic rings. The normalized spacial score (nSPS) is 18.9. The molecule has 0 spiro atoms. The van der Waals surface area contributed by atoms with Gasteiger partial charge < -0.3 is 35.3 Å². The third-order valence-corrected chi connectivity index (χ3v) is 10.6. The zero-order chi connectivity index (χ0) is 40.6. The fourth-order valence-corrected chi connectivity index (χ4v) is 7.54. The van der Waals surface area contributed by atoms with Crippen LogP contribution in [0.25, 0.3) is 22.2 Å². The number of carboxylic acids is 1. The van der Waals surface area contributed by atoms with E-state index in [-0.39, 0.29) is 24.3 Å². The highest BCUT2D eigenvalue weighted by Gasteiger charge is 2.42. The molecule has 1 aromatic heterocycles. The van der Waals surface area contributed by atoms with Crippen molar-refractivity contribution in [3.63, 3.8) is 0 Å². The molecule has 1 unspecified atom stereocenters. The number of hydrogen-bond acceptors (Lipinski definition) is 9. The molecule has 56 heavy (non-hydrogen) atoms. The van der Waals surface area contributed by atoms with Gasteiger partial charge in [-0.3, -0.25) is 14.4 Å². The first kappa shape index (κ1) is 41.7. The van der Waals surface area contributed by atoms with Crippen LogP contribution >= 0.6 is 0 Å². The molecule has 0 saturated heterocycles. The first-order valence-electron chi connectivity index (χ1n) is 19.4. The van der Waals surface area contributed by atoms with Crippen molar-refractivity contribution in [1.29, 1.82) is 0 Å². The molecule has 13 nitrogen and oxygen atoms in total. The van der Waals surface area contributed by atoms with Crippen molar-refractivity contribution in [2.75, 3.05) is 14.2 Å². The molecule has 5 atom stereocenters. The van der Waals surface area contributed by atoms with Gasteiger partial charge in [0.1, 0.15) is 35.7 Å². The molecule has 0 radical (unpaired) electrons. The van der Waals surface area contributed by atoms with E-state index in [2.05, 4.69) is 16.0 Å². The minimum atomic E-state index is -1.18. The minimum absolute atomic E-state index is 0.0200. The molecule has 3 amide bonds. The van der Waals surface area contributed by atoms with Gasteiger partial charge in [0.2, 0.25) is 17.7 Å². The number of carbonyl (C=O) groups is 5. The number of aromatic nitrogens is 1. The van der Waals surface area contributed by atoms with Crippen molar-refractivity contribution < 1.29 is 43.3 Å².